The van der Waals surface area contributed by atoms with Crippen LogP contribution >= 0.6 is 0 Å². The SMILES string of the molecule is Cc1ccc(Nc2nccc(C3CCCN(S(=O)(=O)N(C)C)C3)n2)nc1. The summed E-state index contributed by atoms with van der Waals surface area (Å²) in [6.07, 6.45) is 5.18. The van der Waals surface area contributed by atoms with Gasteiger partial charge in [-0.05, 0) is 37.5 Å². The van der Waals surface area contributed by atoms with Gasteiger partial charge in [-0.25, -0.2) is 15.0 Å². The Morgan fingerprint density at radius 2 is 2.04 bits per heavy atom. The molecule has 3 rings (SSSR count). The van der Waals surface area contributed by atoms with Crippen LogP contribution in [0.1, 0.15) is 30.0 Å². The van der Waals surface area contributed by atoms with Crippen molar-refractivity contribution in [3.63, 3.8) is 0 Å². The second kappa shape index (κ2) is 7.65. The van der Waals surface area contributed by atoms with Gasteiger partial charge in [-0.15, -0.1) is 0 Å². The minimum Gasteiger partial charge on any atom is -0.309 e. The van der Waals surface area contributed by atoms with Gasteiger partial charge < -0.3 is 5.32 Å². The molecule has 2 aromatic rings. The Labute approximate surface area is 154 Å². The number of pyridine rings is 1. The van der Waals surface area contributed by atoms with E-state index in [0.717, 1.165) is 24.1 Å². The Balaban J connectivity index is 1.76. The predicted octanol–water partition coefficient (Wildman–Crippen LogP) is 1.91. The Kier molecular flexibility index (Phi) is 5.49. The lowest BCUT2D eigenvalue weighted by Crippen LogP contribution is -2.45. The van der Waals surface area contributed by atoms with Crippen molar-refractivity contribution in [2.75, 3.05) is 32.5 Å². The number of rotatable bonds is 5. The summed E-state index contributed by atoms with van der Waals surface area (Å²) in [5, 5.41) is 3.10. The molecule has 140 valence electrons. The van der Waals surface area contributed by atoms with E-state index in [1.54, 1.807) is 26.5 Å². The average Bonchev–Trinajstić information content (AvgIpc) is 2.64. The smallest absolute Gasteiger partial charge is 0.281 e. The van der Waals surface area contributed by atoms with Crippen molar-refractivity contribution in [1.82, 2.24) is 23.6 Å². The van der Waals surface area contributed by atoms with Gasteiger partial charge in [0.15, 0.2) is 0 Å². The standard InChI is InChI=1S/C17H24N6O2S/c1-13-6-7-16(19-11-13)21-17-18-9-8-15(20-17)14-5-4-10-23(12-14)26(24,25)22(2)3/h6-9,11,14H,4-5,10,12H2,1-3H3,(H,18,19,20,21). The number of anilines is 2. The second-order valence-corrected chi connectivity index (χ2v) is 8.78. The monoisotopic (exact) mass is 376 g/mol. The van der Waals surface area contributed by atoms with E-state index in [4.69, 9.17) is 0 Å². The van der Waals surface area contributed by atoms with E-state index in [2.05, 4.69) is 20.3 Å². The first-order chi connectivity index (χ1) is 12.4. The lowest BCUT2D eigenvalue weighted by molar-refractivity contribution is 0.296. The summed E-state index contributed by atoms with van der Waals surface area (Å²) < 4.78 is 27.6. The molecule has 0 amide bonds. The molecular weight excluding hydrogens is 352 g/mol. The minimum atomic E-state index is -3.41. The van der Waals surface area contributed by atoms with Crippen molar-refractivity contribution in [2.24, 2.45) is 0 Å². The number of nitrogens with one attached hydrogen (secondary N) is 1. The highest BCUT2D eigenvalue weighted by atomic mass is 32.2. The van der Waals surface area contributed by atoms with Crippen molar-refractivity contribution in [2.45, 2.75) is 25.7 Å². The largest absolute Gasteiger partial charge is 0.309 e. The minimum absolute atomic E-state index is 0.0491. The molecule has 2 aromatic heterocycles. The third-order valence-corrected chi connectivity index (χ3v) is 6.33. The number of hydrogen-bond acceptors (Lipinski definition) is 6. The third-order valence-electron chi connectivity index (χ3n) is 4.42. The molecule has 1 aliphatic heterocycles. The summed E-state index contributed by atoms with van der Waals surface area (Å²) in [6, 6.07) is 5.69. The van der Waals surface area contributed by atoms with Crippen LogP contribution in [-0.4, -0.2) is 59.2 Å². The highest BCUT2D eigenvalue weighted by Gasteiger charge is 2.31. The molecule has 0 bridgehead atoms. The first-order valence-electron chi connectivity index (χ1n) is 8.56. The Hall–Kier alpha value is -2.10. The van der Waals surface area contributed by atoms with Crippen LogP contribution in [-0.2, 0) is 10.2 Å². The Morgan fingerprint density at radius 1 is 1.23 bits per heavy atom. The Morgan fingerprint density at radius 3 is 2.73 bits per heavy atom. The zero-order chi connectivity index (χ0) is 18.7. The first kappa shape index (κ1) is 18.7. The summed E-state index contributed by atoms with van der Waals surface area (Å²) in [5.41, 5.74) is 1.92. The van der Waals surface area contributed by atoms with Crippen LogP contribution in [0, 0.1) is 6.92 Å². The number of aromatic nitrogens is 3. The van der Waals surface area contributed by atoms with E-state index in [0.29, 0.717) is 24.9 Å². The van der Waals surface area contributed by atoms with Gasteiger partial charge in [0.1, 0.15) is 5.82 Å². The molecule has 0 radical (unpaired) electrons. The molecule has 3 heterocycles. The van der Waals surface area contributed by atoms with Crippen LogP contribution in [0.3, 0.4) is 0 Å². The normalized spacial score (nSPS) is 18.8. The van der Waals surface area contributed by atoms with E-state index in [-0.39, 0.29) is 5.92 Å². The molecule has 1 saturated heterocycles. The van der Waals surface area contributed by atoms with E-state index in [1.807, 2.05) is 25.1 Å². The number of hydrogen-bond donors (Lipinski definition) is 1. The highest BCUT2D eigenvalue weighted by molar-refractivity contribution is 7.86. The van der Waals surface area contributed by atoms with Gasteiger partial charge in [-0.2, -0.15) is 17.0 Å². The van der Waals surface area contributed by atoms with Crippen molar-refractivity contribution >= 4 is 22.0 Å². The summed E-state index contributed by atoms with van der Waals surface area (Å²) >= 11 is 0. The van der Waals surface area contributed by atoms with Crippen LogP contribution in [0.4, 0.5) is 11.8 Å². The van der Waals surface area contributed by atoms with Crippen molar-refractivity contribution in [3.05, 3.63) is 41.9 Å². The van der Waals surface area contributed by atoms with E-state index < -0.39 is 10.2 Å². The maximum atomic E-state index is 12.4. The first-order valence-corrected chi connectivity index (χ1v) is 9.96. The molecule has 1 N–H and O–H groups in total. The van der Waals surface area contributed by atoms with Gasteiger partial charge >= 0.3 is 0 Å². The molecule has 1 aliphatic rings. The van der Waals surface area contributed by atoms with Gasteiger partial charge in [0.05, 0.1) is 5.69 Å². The van der Waals surface area contributed by atoms with Crippen LogP contribution in [0.25, 0.3) is 0 Å². The third kappa shape index (κ3) is 4.17. The van der Waals surface area contributed by atoms with E-state index in [9.17, 15) is 8.42 Å². The fourth-order valence-corrected chi connectivity index (χ4v) is 4.13. The van der Waals surface area contributed by atoms with Crippen LogP contribution in [0.15, 0.2) is 30.6 Å². The maximum absolute atomic E-state index is 12.4. The maximum Gasteiger partial charge on any atom is 0.281 e. The van der Waals surface area contributed by atoms with E-state index >= 15 is 0 Å². The molecule has 0 aromatic carbocycles. The van der Waals surface area contributed by atoms with Crippen molar-refractivity contribution in [1.29, 1.82) is 0 Å². The molecule has 0 spiro atoms. The quantitative estimate of drug-likeness (QED) is 0.857. The fraction of sp³-hybridized carbons (Fsp3) is 0.471. The summed E-state index contributed by atoms with van der Waals surface area (Å²) in [4.78, 5) is 13.1. The molecular formula is C17H24N6O2S. The molecule has 1 atom stereocenters. The van der Waals surface area contributed by atoms with Gasteiger partial charge in [0.25, 0.3) is 10.2 Å². The zero-order valence-corrected chi connectivity index (χ0v) is 16.1. The topological polar surface area (TPSA) is 91.3 Å². The van der Waals surface area contributed by atoms with Gasteiger partial charge in [0, 0.05) is 45.5 Å². The van der Waals surface area contributed by atoms with Crippen molar-refractivity contribution < 1.29 is 8.42 Å². The van der Waals surface area contributed by atoms with Crippen LogP contribution < -0.4 is 5.32 Å². The van der Waals surface area contributed by atoms with Gasteiger partial charge in [-0.3, -0.25) is 0 Å². The average molecular weight is 376 g/mol. The molecule has 0 saturated carbocycles. The number of piperidine rings is 1. The van der Waals surface area contributed by atoms with Crippen LogP contribution in [0.2, 0.25) is 0 Å². The summed E-state index contributed by atoms with van der Waals surface area (Å²) in [5.74, 6) is 1.19. The van der Waals surface area contributed by atoms with Gasteiger partial charge in [-0.1, -0.05) is 6.07 Å². The van der Waals surface area contributed by atoms with E-state index in [1.165, 1.54) is 8.61 Å². The predicted molar refractivity (Wildman–Crippen MR) is 100 cm³/mol. The second-order valence-electron chi connectivity index (χ2n) is 6.64. The number of aryl methyl sites for hydroxylation is 1. The highest BCUT2D eigenvalue weighted by Crippen LogP contribution is 2.28. The molecule has 9 heteroatoms. The lowest BCUT2D eigenvalue weighted by atomic mass is 9.96. The zero-order valence-electron chi connectivity index (χ0n) is 15.3. The van der Waals surface area contributed by atoms with Gasteiger partial charge in [0.2, 0.25) is 5.95 Å². The molecule has 1 fully saturated rings. The fourth-order valence-electron chi connectivity index (χ4n) is 2.94. The molecule has 8 nitrogen and oxygen atoms in total. The van der Waals surface area contributed by atoms with Crippen molar-refractivity contribution in [3.8, 4) is 0 Å². The van der Waals surface area contributed by atoms with Crippen LogP contribution in [0.5, 0.6) is 0 Å². The lowest BCUT2D eigenvalue weighted by Gasteiger charge is -2.33. The molecule has 0 aliphatic carbocycles. The molecule has 1 unspecified atom stereocenters. The number of nitrogens with zero attached hydrogens (tertiary/aromatic N) is 5. The Bertz CT molecular complexity index is 854. The summed E-state index contributed by atoms with van der Waals surface area (Å²) in [6.45, 7) is 2.95. The summed E-state index contributed by atoms with van der Waals surface area (Å²) in [7, 11) is -0.294. The molecule has 26 heavy (non-hydrogen) atoms.